The van der Waals surface area contributed by atoms with Gasteiger partial charge in [-0.25, -0.2) is 8.78 Å². The van der Waals surface area contributed by atoms with E-state index >= 15 is 4.39 Å². The zero-order valence-corrected chi connectivity index (χ0v) is 20.3. The summed E-state index contributed by atoms with van der Waals surface area (Å²) in [6, 6.07) is 0.609. The van der Waals surface area contributed by atoms with E-state index in [4.69, 9.17) is 9.72 Å². The van der Waals surface area contributed by atoms with Crippen molar-refractivity contribution >= 4 is 16.7 Å². The van der Waals surface area contributed by atoms with Crippen molar-refractivity contribution in [3.63, 3.8) is 0 Å². The topological polar surface area (TPSA) is 54.4 Å². The number of ether oxygens (including phenoxy) is 1. The van der Waals surface area contributed by atoms with Gasteiger partial charge in [0, 0.05) is 31.7 Å². The highest BCUT2D eigenvalue weighted by atomic mass is 19.1. The molecule has 2 atom stereocenters. The Bertz CT molecular complexity index is 1030. The molecule has 1 aliphatic carbocycles. The number of aromatic nitrogens is 3. The summed E-state index contributed by atoms with van der Waals surface area (Å²) < 4.78 is 35.6. The van der Waals surface area contributed by atoms with Crippen molar-refractivity contribution in [3.05, 3.63) is 17.7 Å². The molecule has 6 nitrogen and oxygen atoms in total. The molecule has 4 heterocycles. The Labute approximate surface area is 201 Å². The van der Waals surface area contributed by atoms with E-state index in [0.29, 0.717) is 48.9 Å². The Balaban J connectivity index is 0.00000133. The van der Waals surface area contributed by atoms with Crippen LogP contribution < -0.4 is 9.64 Å². The fourth-order valence-corrected chi connectivity index (χ4v) is 5.41. The molecule has 1 saturated carbocycles. The highest BCUT2D eigenvalue weighted by Crippen LogP contribution is 2.41. The van der Waals surface area contributed by atoms with E-state index < -0.39 is 12.0 Å². The molecule has 2 saturated heterocycles. The predicted octanol–water partition coefficient (Wildman–Crippen LogP) is 4.70. The summed E-state index contributed by atoms with van der Waals surface area (Å²) in [6.07, 6.45) is 16.2. The van der Waals surface area contributed by atoms with Crippen molar-refractivity contribution in [2.45, 2.75) is 83.0 Å². The molecule has 8 heteroatoms. The lowest BCUT2D eigenvalue weighted by Gasteiger charge is -2.31. The Morgan fingerprint density at radius 3 is 2.76 bits per heavy atom. The number of fused-ring (bicyclic) bond motifs is 2. The van der Waals surface area contributed by atoms with Gasteiger partial charge in [0.1, 0.15) is 24.1 Å². The van der Waals surface area contributed by atoms with Crippen LogP contribution in [0.4, 0.5) is 14.6 Å². The van der Waals surface area contributed by atoms with Gasteiger partial charge in [-0.15, -0.1) is 12.8 Å². The second kappa shape index (κ2) is 10.4. The van der Waals surface area contributed by atoms with Gasteiger partial charge in [-0.1, -0.05) is 20.3 Å². The molecule has 0 amide bonds. The number of halogens is 2. The van der Waals surface area contributed by atoms with Crippen LogP contribution in [0.3, 0.4) is 0 Å². The van der Waals surface area contributed by atoms with Crippen LogP contribution in [0.15, 0.2) is 6.20 Å². The summed E-state index contributed by atoms with van der Waals surface area (Å²) in [5, 5.41) is 0.639. The second-order valence-electron chi connectivity index (χ2n) is 9.61. The van der Waals surface area contributed by atoms with E-state index in [1.54, 1.807) is 6.20 Å². The number of aryl methyl sites for hydroxylation is 1. The van der Waals surface area contributed by atoms with Crippen molar-refractivity contribution in [2.75, 3.05) is 31.1 Å². The monoisotopic (exact) mass is 471 g/mol. The van der Waals surface area contributed by atoms with Gasteiger partial charge in [-0.3, -0.25) is 9.88 Å². The van der Waals surface area contributed by atoms with Crippen LogP contribution in [0.1, 0.15) is 64.5 Å². The van der Waals surface area contributed by atoms with E-state index in [0.717, 1.165) is 51.6 Å². The van der Waals surface area contributed by atoms with Crippen LogP contribution in [0.2, 0.25) is 0 Å². The molecule has 5 rings (SSSR count). The lowest BCUT2D eigenvalue weighted by Crippen LogP contribution is -2.43. The lowest BCUT2D eigenvalue weighted by atomic mass is 9.95. The van der Waals surface area contributed by atoms with E-state index in [1.165, 1.54) is 0 Å². The maximum Gasteiger partial charge on any atom is 0.319 e. The SMILES string of the molecule is C#C.CCCCN(c1nc(OC[C@@]23CCCN2CC(F)C3)nc2c(F)c(CC)ncc12)C1CC1. The van der Waals surface area contributed by atoms with Gasteiger partial charge in [0.2, 0.25) is 0 Å². The third-order valence-corrected chi connectivity index (χ3v) is 7.29. The van der Waals surface area contributed by atoms with Gasteiger partial charge in [0.05, 0.1) is 16.6 Å². The summed E-state index contributed by atoms with van der Waals surface area (Å²) in [7, 11) is 0. The van der Waals surface area contributed by atoms with Gasteiger partial charge in [-0.05, 0) is 45.1 Å². The maximum absolute atomic E-state index is 15.3. The third kappa shape index (κ3) is 4.68. The van der Waals surface area contributed by atoms with Crippen molar-refractivity contribution < 1.29 is 13.5 Å². The summed E-state index contributed by atoms with van der Waals surface area (Å²) in [5.74, 6) is 0.320. The molecular weight excluding hydrogens is 436 g/mol. The molecule has 1 unspecified atom stereocenters. The van der Waals surface area contributed by atoms with Gasteiger partial charge >= 0.3 is 6.01 Å². The Morgan fingerprint density at radius 1 is 1.26 bits per heavy atom. The first-order chi connectivity index (χ1) is 16.5. The first-order valence-electron chi connectivity index (χ1n) is 12.5. The summed E-state index contributed by atoms with van der Waals surface area (Å²) in [5.41, 5.74) is 0.382. The molecule has 3 fully saturated rings. The molecule has 2 aromatic heterocycles. The minimum absolute atomic E-state index is 0.185. The van der Waals surface area contributed by atoms with Crippen molar-refractivity contribution in [1.29, 1.82) is 0 Å². The zero-order chi connectivity index (χ0) is 24.3. The van der Waals surface area contributed by atoms with Crippen LogP contribution in [0.5, 0.6) is 6.01 Å². The van der Waals surface area contributed by atoms with Crippen LogP contribution in [-0.2, 0) is 6.42 Å². The van der Waals surface area contributed by atoms with Gasteiger partial charge in [-0.2, -0.15) is 9.97 Å². The van der Waals surface area contributed by atoms with E-state index in [9.17, 15) is 4.39 Å². The molecule has 34 heavy (non-hydrogen) atoms. The van der Waals surface area contributed by atoms with Crippen LogP contribution in [0.25, 0.3) is 10.9 Å². The molecule has 2 aliphatic heterocycles. The number of nitrogens with zero attached hydrogens (tertiary/aromatic N) is 5. The Hall–Kier alpha value is -2.53. The van der Waals surface area contributed by atoms with E-state index in [-0.39, 0.29) is 17.1 Å². The normalized spacial score (nSPS) is 24.0. The maximum atomic E-state index is 15.3. The number of terminal acetylenes is 1. The number of anilines is 1. The molecule has 0 bridgehead atoms. The molecule has 184 valence electrons. The van der Waals surface area contributed by atoms with Crippen molar-refractivity contribution in [2.24, 2.45) is 0 Å². The van der Waals surface area contributed by atoms with Crippen molar-refractivity contribution in [1.82, 2.24) is 19.9 Å². The summed E-state index contributed by atoms with van der Waals surface area (Å²) >= 11 is 0. The first kappa shape index (κ1) is 24.6. The average Bonchev–Trinajstić information content (AvgIpc) is 3.54. The van der Waals surface area contributed by atoms with Gasteiger partial charge in [0.25, 0.3) is 0 Å². The van der Waals surface area contributed by atoms with Gasteiger partial charge in [0.15, 0.2) is 5.82 Å². The van der Waals surface area contributed by atoms with Crippen molar-refractivity contribution in [3.8, 4) is 18.9 Å². The molecule has 2 aromatic rings. The third-order valence-electron chi connectivity index (χ3n) is 7.29. The first-order valence-corrected chi connectivity index (χ1v) is 12.5. The highest BCUT2D eigenvalue weighted by molar-refractivity contribution is 5.90. The number of rotatable bonds is 9. The fourth-order valence-electron chi connectivity index (χ4n) is 5.41. The Kier molecular flexibility index (Phi) is 7.51. The number of hydrogen-bond acceptors (Lipinski definition) is 6. The number of hydrogen-bond donors (Lipinski definition) is 0. The lowest BCUT2D eigenvalue weighted by molar-refractivity contribution is 0.107. The predicted molar refractivity (Wildman–Crippen MR) is 130 cm³/mol. The quantitative estimate of drug-likeness (QED) is 0.494. The van der Waals surface area contributed by atoms with Crippen LogP contribution >= 0.6 is 0 Å². The van der Waals surface area contributed by atoms with E-state index in [1.807, 2.05) is 6.92 Å². The number of unbranched alkanes of at least 4 members (excludes halogenated alkanes) is 1. The standard InChI is InChI=1S/C24H33F2N5O.C2H2/c1-3-5-11-31(17-7-8-17)22-18-13-27-19(4-2)20(26)21(18)28-23(29-22)32-15-24-9-6-10-30(24)14-16(25)12-24;1-2/h13,16-17H,3-12,14-15H2,1-2H3;1-2H/t16?,24-;/m0./s1. The molecule has 0 N–H and O–H groups in total. The average molecular weight is 472 g/mol. The number of alkyl halides is 1. The molecule has 3 aliphatic rings. The molecular formula is C26H35F2N5O. The second-order valence-corrected chi connectivity index (χ2v) is 9.61. The summed E-state index contributed by atoms with van der Waals surface area (Å²) in [4.78, 5) is 18.1. The largest absolute Gasteiger partial charge is 0.461 e. The molecule has 0 radical (unpaired) electrons. The van der Waals surface area contributed by atoms with Crippen LogP contribution in [-0.4, -0.2) is 63.8 Å². The van der Waals surface area contributed by atoms with Crippen LogP contribution in [0, 0.1) is 18.7 Å². The smallest absolute Gasteiger partial charge is 0.319 e. The fraction of sp³-hybridized carbons (Fsp3) is 0.654. The summed E-state index contributed by atoms with van der Waals surface area (Å²) in [6.45, 7) is 6.63. The minimum Gasteiger partial charge on any atom is -0.461 e. The Morgan fingerprint density at radius 2 is 2.06 bits per heavy atom. The highest BCUT2D eigenvalue weighted by Gasteiger charge is 2.49. The van der Waals surface area contributed by atoms with Gasteiger partial charge < -0.3 is 9.64 Å². The number of pyridine rings is 1. The minimum atomic E-state index is -0.818. The molecule has 0 spiro atoms. The van der Waals surface area contributed by atoms with E-state index in [2.05, 4.69) is 39.5 Å². The zero-order valence-electron chi connectivity index (χ0n) is 20.3. The molecule has 0 aromatic carbocycles.